The van der Waals surface area contributed by atoms with Gasteiger partial charge in [-0.25, -0.2) is 4.98 Å². The number of hydrogen-bond donors (Lipinski definition) is 0. The molecule has 0 saturated carbocycles. The van der Waals surface area contributed by atoms with Crippen LogP contribution < -0.4 is 0 Å². The fourth-order valence-corrected chi connectivity index (χ4v) is 3.42. The van der Waals surface area contributed by atoms with Crippen LogP contribution in [-0.2, 0) is 12.8 Å². The number of carbonyl (C=O) groups is 1. The number of hydrogen-bond acceptors (Lipinski definition) is 3. The highest BCUT2D eigenvalue weighted by molar-refractivity contribution is 7.17. The van der Waals surface area contributed by atoms with Gasteiger partial charge in [0.15, 0.2) is 11.2 Å². The van der Waals surface area contributed by atoms with Gasteiger partial charge >= 0.3 is 0 Å². The Morgan fingerprint density at radius 3 is 2.71 bits per heavy atom. The van der Waals surface area contributed by atoms with Crippen molar-refractivity contribution < 1.29 is 4.79 Å². The number of nitrogens with zero attached hydrogens (tertiary/aromatic N) is 2. The van der Waals surface area contributed by atoms with Crippen LogP contribution in [-0.4, -0.2) is 15.7 Å². The highest BCUT2D eigenvalue weighted by atomic mass is 32.1. The second-order valence-electron chi connectivity index (χ2n) is 5.25. The molecule has 0 bridgehead atoms. The fourth-order valence-electron chi connectivity index (χ4n) is 2.42. The molecule has 0 aliphatic carbocycles. The van der Waals surface area contributed by atoms with Crippen molar-refractivity contribution in [3.8, 4) is 0 Å². The Labute approximate surface area is 128 Å². The van der Waals surface area contributed by atoms with Crippen LogP contribution in [0.4, 0.5) is 0 Å². The predicted octanol–water partition coefficient (Wildman–Crippen LogP) is 4.14. The highest BCUT2D eigenvalue weighted by Gasteiger charge is 2.08. The van der Waals surface area contributed by atoms with Crippen molar-refractivity contribution in [2.75, 3.05) is 0 Å². The number of thiazole rings is 1. The lowest BCUT2D eigenvalue weighted by atomic mass is 10.0. The Bertz CT molecular complexity index is 740. The molecule has 0 aliphatic rings. The van der Waals surface area contributed by atoms with Crippen molar-refractivity contribution in [1.82, 2.24) is 9.38 Å². The first kappa shape index (κ1) is 14.0. The van der Waals surface area contributed by atoms with E-state index in [0.717, 1.165) is 24.1 Å². The van der Waals surface area contributed by atoms with Crippen molar-refractivity contribution in [1.29, 1.82) is 0 Å². The summed E-state index contributed by atoms with van der Waals surface area (Å²) >= 11 is 1.64. The van der Waals surface area contributed by atoms with E-state index in [-0.39, 0.29) is 0 Å². The summed E-state index contributed by atoms with van der Waals surface area (Å²) in [5, 5.41) is 0. The number of aromatic nitrogens is 2. The van der Waals surface area contributed by atoms with E-state index in [1.807, 2.05) is 10.6 Å². The van der Waals surface area contributed by atoms with Crippen LogP contribution in [0.5, 0.6) is 0 Å². The molecule has 0 radical (unpaired) electrons. The van der Waals surface area contributed by atoms with Crippen LogP contribution in [0.25, 0.3) is 4.96 Å². The SMILES string of the molecule is CCCCc1ccc(Cc2cn3c(C=O)cnc3s2)cc1. The van der Waals surface area contributed by atoms with E-state index in [9.17, 15) is 4.79 Å². The summed E-state index contributed by atoms with van der Waals surface area (Å²) in [7, 11) is 0. The number of imidazole rings is 1. The normalized spacial score (nSPS) is 11.1. The predicted molar refractivity (Wildman–Crippen MR) is 86.3 cm³/mol. The third kappa shape index (κ3) is 3.05. The largest absolute Gasteiger partial charge is 0.296 e. The van der Waals surface area contributed by atoms with Crippen molar-refractivity contribution in [3.05, 3.63) is 58.4 Å². The van der Waals surface area contributed by atoms with E-state index < -0.39 is 0 Å². The molecule has 2 heterocycles. The average molecular weight is 298 g/mol. The van der Waals surface area contributed by atoms with Crippen LogP contribution in [0.3, 0.4) is 0 Å². The van der Waals surface area contributed by atoms with Gasteiger partial charge in [-0.3, -0.25) is 9.20 Å². The number of unbranched alkanes of at least 4 members (excludes halogenated alkanes) is 1. The molecule has 0 atom stereocenters. The molecule has 0 N–H and O–H groups in total. The molecule has 0 fully saturated rings. The van der Waals surface area contributed by atoms with E-state index in [0.29, 0.717) is 5.69 Å². The Morgan fingerprint density at radius 2 is 2.00 bits per heavy atom. The molecule has 3 rings (SSSR count). The van der Waals surface area contributed by atoms with Crippen LogP contribution in [0.2, 0.25) is 0 Å². The monoisotopic (exact) mass is 298 g/mol. The lowest BCUT2D eigenvalue weighted by Gasteiger charge is -2.02. The van der Waals surface area contributed by atoms with Gasteiger partial charge in [0.2, 0.25) is 0 Å². The molecule has 2 aromatic heterocycles. The third-order valence-corrected chi connectivity index (χ3v) is 4.62. The summed E-state index contributed by atoms with van der Waals surface area (Å²) in [5.74, 6) is 0. The molecule has 3 aromatic rings. The van der Waals surface area contributed by atoms with Gasteiger partial charge in [0.25, 0.3) is 0 Å². The molecule has 0 saturated heterocycles. The fraction of sp³-hybridized carbons (Fsp3) is 0.294. The number of fused-ring (bicyclic) bond motifs is 1. The molecular weight excluding hydrogens is 280 g/mol. The molecule has 0 aliphatic heterocycles. The summed E-state index contributed by atoms with van der Waals surface area (Å²) in [6.45, 7) is 2.22. The average Bonchev–Trinajstić information content (AvgIpc) is 3.06. The molecule has 0 unspecified atom stereocenters. The summed E-state index contributed by atoms with van der Waals surface area (Å²) in [6, 6.07) is 8.85. The maximum absolute atomic E-state index is 10.9. The number of carbonyl (C=O) groups excluding carboxylic acids is 1. The first-order chi connectivity index (χ1) is 10.3. The Hall–Kier alpha value is -1.94. The van der Waals surface area contributed by atoms with Crippen molar-refractivity contribution >= 4 is 22.6 Å². The van der Waals surface area contributed by atoms with E-state index in [1.165, 1.54) is 28.8 Å². The van der Waals surface area contributed by atoms with Crippen LogP contribution in [0.15, 0.2) is 36.7 Å². The van der Waals surface area contributed by atoms with Gasteiger partial charge in [0.1, 0.15) is 5.69 Å². The van der Waals surface area contributed by atoms with Gasteiger partial charge in [-0.1, -0.05) is 37.6 Å². The van der Waals surface area contributed by atoms with Gasteiger partial charge in [0.05, 0.1) is 6.20 Å². The summed E-state index contributed by atoms with van der Waals surface area (Å²) < 4.78 is 1.86. The minimum Gasteiger partial charge on any atom is -0.296 e. The number of aldehydes is 1. The summed E-state index contributed by atoms with van der Waals surface area (Å²) in [6.07, 6.45) is 9.00. The molecule has 108 valence electrons. The van der Waals surface area contributed by atoms with Crippen molar-refractivity contribution in [2.45, 2.75) is 32.6 Å². The molecule has 0 spiro atoms. The molecule has 21 heavy (non-hydrogen) atoms. The molecule has 1 aromatic carbocycles. The van der Waals surface area contributed by atoms with Gasteiger partial charge in [-0.05, 0) is 24.0 Å². The van der Waals surface area contributed by atoms with E-state index in [1.54, 1.807) is 17.5 Å². The Morgan fingerprint density at radius 1 is 1.24 bits per heavy atom. The lowest BCUT2D eigenvalue weighted by Crippen LogP contribution is -1.89. The van der Waals surface area contributed by atoms with Gasteiger partial charge < -0.3 is 0 Å². The second kappa shape index (κ2) is 6.22. The molecular formula is C17H18N2OS. The van der Waals surface area contributed by atoms with Crippen molar-refractivity contribution in [2.24, 2.45) is 0 Å². The van der Waals surface area contributed by atoms with Crippen LogP contribution in [0.1, 0.15) is 46.3 Å². The maximum atomic E-state index is 10.9. The van der Waals surface area contributed by atoms with Gasteiger partial charge in [-0.15, -0.1) is 11.3 Å². The summed E-state index contributed by atoms with van der Waals surface area (Å²) in [4.78, 5) is 17.3. The zero-order valence-corrected chi connectivity index (χ0v) is 12.9. The summed E-state index contributed by atoms with van der Waals surface area (Å²) in [5.41, 5.74) is 3.32. The highest BCUT2D eigenvalue weighted by Crippen LogP contribution is 2.21. The van der Waals surface area contributed by atoms with E-state index in [2.05, 4.69) is 36.2 Å². The minimum absolute atomic E-state index is 0.613. The number of benzene rings is 1. The second-order valence-corrected chi connectivity index (χ2v) is 6.34. The zero-order valence-electron chi connectivity index (χ0n) is 12.1. The number of aryl methyl sites for hydroxylation is 1. The van der Waals surface area contributed by atoms with Crippen molar-refractivity contribution in [3.63, 3.8) is 0 Å². The maximum Gasteiger partial charge on any atom is 0.194 e. The molecule has 3 nitrogen and oxygen atoms in total. The minimum atomic E-state index is 0.613. The smallest absolute Gasteiger partial charge is 0.194 e. The van der Waals surface area contributed by atoms with E-state index >= 15 is 0 Å². The first-order valence-corrected chi connectivity index (χ1v) is 8.10. The molecule has 0 amide bonds. The van der Waals surface area contributed by atoms with Crippen LogP contribution in [0, 0.1) is 0 Å². The number of rotatable bonds is 6. The quantitative estimate of drug-likeness (QED) is 0.641. The lowest BCUT2D eigenvalue weighted by molar-refractivity contribution is 0.111. The first-order valence-electron chi connectivity index (χ1n) is 7.29. The standard InChI is InChI=1S/C17H18N2OS/c1-2-3-4-13-5-7-14(8-6-13)9-16-11-19-15(12-20)10-18-17(19)21-16/h5-8,10-12H,2-4,9H2,1H3. The Balaban J connectivity index is 1.75. The van der Waals surface area contributed by atoms with Crippen LogP contribution >= 0.6 is 11.3 Å². The van der Waals surface area contributed by atoms with Gasteiger partial charge in [-0.2, -0.15) is 0 Å². The zero-order chi connectivity index (χ0) is 14.7. The third-order valence-electron chi connectivity index (χ3n) is 3.63. The van der Waals surface area contributed by atoms with E-state index in [4.69, 9.17) is 0 Å². The molecule has 4 heteroatoms. The topological polar surface area (TPSA) is 34.4 Å². The van der Waals surface area contributed by atoms with Gasteiger partial charge in [0, 0.05) is 17.5 Å². The Kier molecular flexibility index (Phi) is 4.15.